The van der Waals surface area contributed by atoms with Crippen molar-refractivity contribution in [1.29, 1.82) is 0 Å². The Balaban J connectivity index is 2.71. The number of methoxy groups -OCH3 is 1. The Bertz CT molecular complexity index is 263. The predicted octanol–water partition coefficient (Wildman–Crippen LogP) is 0.0369. The molecule has 0 N–H and O–H groups in total. The van der Waals surface area contributed by atoms with Gasteiger partial charge in [-0.3, -0.25) is 9.69 Å². The summed E-state index contributed by atoms with van der Waals surface area (Å²) in [6, 6.07) is -0.612. The van der Waals surface area contributed by atoms with E-state index in [4.69, 9.17) is 0 Å². The van der Waals surface area contributed by atoms with Gasteiger partial charge in [-0.2, -0.15) is 0 Å². The van der Waals surface area contributed by atoms with Crippen LogP contribution in [0.5, 0.6) is 0 Å². The zero-order valence-electron chi connectivity index (χ0n) is 7.44. The molecule has 72 valence electrons. The van der Waals surface area contributed by atoms with Crippen LogP contribution in [0, 0.1) is 0 Å². The summed E-state index contributed by atoms with van der Waals surface area (Å²) in [7, 11) is 1.19. The molecule has 1 aliphatic heterocycles. The van der Waals surface area contributed by atoms with Crippen molar-refractivity contribution in [1.82, 2.24) is 9.80 Å². The quantitative estimate of drug-likeness (QED) is 0.535. The number of carbonyl (C=O) groups is 3. The third kappa shape index (κ3) is 1.61. The lowest BCUT2D eigenvalue weighted by atomic mass is 10.5. The fourth-order valence-electron chi connectivity index (χ4n) is 1.11. The molecule has 0 aromatic heterocycles. The second-order valence-electron chi connectivity index (χ2n) is 2.57. The van der Waals surface area contributed by atoms with Gasteiger partial charge < -0.3 is 4.74 Å². The molecule has 0 aromatic carbocycles. The van der Waals surface area contributed by atoms with E-state index in [1.54, 1.807) is 0 Å². The number of rotatable bonds is 0. The van der Waals surface area contributed by atoms with E-state index in [-0.39, 0.29) is 19.0 Å². The van der Waals surface area contributed by atoms with Gasteiger partial charge in [-0.25, -0.2) is 14.5 Å². The maximum Gasteiger partial charge on any atom is 0.417 e. The molecule has 0 atom stereocenters. The van der Waals surface area contributed by atoms with E-state index in [9.17, 15) is 14.4 Å². The Morgan fingerprint density at radius 2 is 1.85 bits per heavy atom. The molecule has 0 spiro atoms. The number of hydrogen-bond acceptors (Lipinski definition) is 4. The number of ether oxygens (including phenoxy) is 1. The van der Waals surface area contributed by atoms with Gasteiger partial charge >= 0.3 is 12.1 Å². The van der Waals surface area contributed by atoms with Crippen molar-refractivity contribution in [2.45, 2.75) is 6.92 Å². The minimum absolute atomic E-state index is 0.199. The third-order valence-corrected chi connectivity index (χ3v) is 1.78. The van der Waals surface area contributed by atoms with E-state index in [1.165, 1.54) is 14.0 Å². The molecule has 0 unspecified atom stereocenters. The van der Waals surface area contributed by atoms with Crippen LogP contribution in [0.15, 0.2) is 0 Å². The second kappa shape index (κ2) is 3.42. The summed E-state index contributed by atoms with van der Waals surface area (Å²) in [4.78, 5) is 34.9. The molecule has 1 saturated heterocycles. The summed E-state index contributed by atoms with van der Waals surface area (Å²) in [6.45, 7) is 1.72. The van der Waals surface area contributed by atoms with Crippen LogP contribution in [-0.2, 0) is 9.53 Å². The van der Waals surface area contributed by atoms with Crippen LogP contribution in [0.4, 0.5) is 9.59 Å². The van der Waals surface area contributed by atoms with Gasteiger partial charge in [0.25, 0.3) is 0 Å². The molecule has 0 aliphatic carbocycles. The minimum atomic E-state index is -0.728. The molecule has 4 amide bonds. The van der Waals surface area contributed by atoms with Gasteiger partial charge in [0, 0.05) is 13.5 Å². The molecule has 1 aliphatic rings. The van der Waals surface area contributed by atoms with Crippen LogP contribution >= 0.6 is 0 Å². The fraction of sp³-hybridized carbons (Fsp3) is 0.571. The van der Waals surface area contributed by atoms with Gasteiger partial charge in [0.15, 0.2) is 0 Å². The second-order valence-corrected chi connectivity index (χ2v) is 2.57. The first-order chi connectivity index (χ1) is 6.07. The first-order valence-electron chi connectivity index (χ1n) is 3.75. The van der Waals surface area contributed by atoms with Crippen molar-refractivity contribution in [3.8, 4) is 0 Å². The Hall–Kier alpha value is -1.59. The predicted molar refractivity (Wildman–Crippen MR) is 41.9 cm³/mol. The Morgan fingerprint density at radius 3 is 2.23 bits per heavy atom. The van der Waals surface area contributed by atoms with Crippen molar-refractivity contribution in [2.24, 2.45) is 0 Å². The molecular weight excluding hydrogens is 176 g/mol. The van der Waals surface area contributed by atoms with Crippen LogP contribution < -0.4 is 0 Å². The van der Waals surface area contributed by atoms with E-state index >= 15 is 0 Å². The topological polar surface area (TPSA) is 66.9 Å². The van der Waals surface area contributed by atoms with Crippen LogP contribution in [0.25, 0.3) is 0 Å². The summed E-state index contributed by atoms with van der Waals surface area (Å²) >= 11 is 0. The van der Waals surface area contributed by atoms with Gasteiger partial charge in [0.1, 0.15) is 0 Å². The van der Waals surface area contributed by atoms with Crippen molar-refractivity contribution in [3.63, 3.8) is 0 Å². The number of urea groups is 1. The maximum absolute atomic E-state index is 11.3. The Kier molecular flexibility index (Phi) is 2.50. The van der Waals surface area contributed by atoms with Crippen molar-refractivity contribution in [2.75, 3.05) is 20.2 Å². The molecule has 0 saturated carbocycles. The molecular formula is C7H10N2O4. The summed E-state index contributed by atoms with van der Waals surface area (Å²) in [5, 5.41) is 0. The highest BCUT2D eigenvalue weighted by Crippen LogP contribution is 2.09. The van der Waals surface area contributed by atoms with Crippen molar-refractivity contribution >= 4 is 18.0 Å². The SMILES string of the molecule is COC(=O)N1CCN(C(C)=O)C1=O. The average Bonchev–Trinajstić information content (AvgIpc) is 2.46. The van der Waals surface area contributed by atoms with Gasteiger partial charge in [-0.1, -0.05) is 0 Å². The lowest BCUT2D eigenvalue weighted by Gasteiger charge is -2.12. The van der Waals surface area contributed by atoms with Crippen LogP contribution in [0.1, 0.15) is 6.92 Å². The van der Waals surface area contributed by atoms with Crippen molar-refractivity contribution in [3.05, 3.63) is 0 Å². The molecule has 1 heterocycles. The summed E-state index contributed by atoms with van der Waals surface area (Å²) in [6.07, 6.45) is -0.728. The van der Waals surface area contributed by atoms with E-state index in [0.29, 0.717) is 0 Å². The highest BCUT2D eigenvalue weighted by molar-refractivity contribution is 6.01. The van der Waals surface area contributed by atoms with E-state index in [2.05, 4.69) is 4.74 Å². The zero-order valence-corrected chi connectivity index (χ0v) is 7.44. The van der Waals surface area contributed by atoms with E-state index in [1.807, 2.05) is 0 Å². The first-order valence-corrected chi connectivity index (χ1v) is 3.75. The van der Waals surface area contributed by atoms with E-state index < -0.39 is 12.1 Å². The maximum atomic E-state index is 11.3. The molecule has 1 fully saturated rings. The van der Waals surface area contributed by atoms with Gasteiger partial charge in [0.2, 0.25) is 5.91 Å². The summed E-state index contributed by atoms with van der Waals surface area (Å²) in [5.41, 5.74) is 0. The largest absolute Gasteiger partial charge is 0.452 e. The highest BCUT2D eigenvalue weighted by atomic mass is 16.5. The van der Waals surface area contributed by atoms with Crippen molar-refractivity contribution < 1.29 is 19.1 Å². The zero-order chi connectivity index (χ0) is 10.0. The fourth-order valence-corrected chi connectivity index (χ4v) is 1.11. The normalized spacial score (nSPS) is 16.3. The average molecular weight is 186 g/mol. The number of amides is 4. The Morgan fingerprint density at radius 1 is 1.31 bits per heavy atom. The molecule has 6 nitrogen and oxygen atoms in total. The summed E-state index contributed by atoms with van der Waals surface area (Å²) < 4.78 is 4.36. The molecule has 6 heteroatoms. The molecule has 0 radical (unpaired) electrons. The van der Waals surface area contributed by atoms with Gasteiger partial charge in [-0.15, -0.1) is 0 Å². The molecule has 0 bridgehead atoms. The standard InChI is InChI=1S/C7H10N2O4/c1-5(10)8-3-4-9(6(8)11)7(12)13-2/h3-4H2,1-2H3. The van der Waals surface area contributed by atoms with Crippen LogP contribution in [-0.4, -0.2) is 48.0 Å². The smallest absolute Gasteiger partial charge is 0.417 e. The molecule has 13 heavy (non-hydrogen) atoms. The highest BCUT2D eigenvalue weighted by Gasteiger charge is 2.35. The number of carbonyl (C=O) groups excluding carboxylic acids is 3. The lowest BCUT2D eigenvalue weighted by molar-refractivity contribution is -0.125. The van der Waals surface area contributed by atoms with Crippen LogP contribution in [0.3, 0.4) is 0 Å². The minimum Gasteiger partial charge on any atom is -0.452 e. The monoisotopic (exact) mass is 186 g/mol. The van der Waals surface area contributed by atoms with Gasteiger partial charge in [-0.05, 0) is 0 Å². The number of hydrogen-bond donors (Lipinski definition) is 0. The number of nitrogens with zero attached hydrogens (tertiary/aromatic N) is 2. The van der Waals surface area contributed by atoms with Gasteiger partial charge in [0.05, 0.1) is 13.7 Å². The summed E-state index contributed by atoms with van der Waals surface area (Å²) in [5.74, 6) is -0.364. The molecule has 1 rings (SSSR count). The first kappa shape index (κ1) is 9.50. The Labute approximate surface area is 75.0 Å². The van der Waals surface area contributed by atoms with E-state index in [0.717, 1.165) is 9.80 Å². The van der Waals surface area contributed by atoms with Crippen LogP contribution in [0.2, 0.25) is 0 Å². The molecule has 0 aromatic rings. The lowest BCUT2D eigenvalue weighted by Crippen LogP contribution is -2.37. The number of imide groups is 2. The third-order valence-electron chi connectivity index (χ3n) is 1.78.